The fourth-order valence-electron chi connectivity index (χ4n) is 0.880. The Hall–Kier alpha value is -0.995. The van der Waals surface area contributed by atoms with Gasteiger partial charge in [0.1, 0.15) is 12.4 Å². The molecule has 1 rings (SSSR count). The van der Waals surface area contributed by atoms with Crippen LogP contribution in [0.3, 0.4) is 0 Å². The van der Waals surface area contributed by atoms with E-state index >= 15 is 0 Å². The van der Waals surface area contributed by atoms with E-state index in [2.05, 4.69) is 0 Å². The molecule has 1 aromatic heterocycles. The fraction of sp³-hybridized carbons (Fsp3) is 0.286. The van der Waals surface area contributed by atoms with Crippen molar-refractivity contribution in [3.63, 3.8) is 0 Å². The first-order chi connectivity index (χ1) is 5.41. The van der Waals surface area contributed by atoms with Crippen LogP contribution in [0.2, 0.25) is 0 Å². The normalized spacial score (nSPS) is 11.8. The zero-order valence-corrected chi connectivity index (χ0v) is 6.89. The molecule has 66 valence electrons. The van der Waals surface area contributed by atoms with E-state index in [1.54, 1.807) is 13.8 Å². The number of hydrogen-bond donors (Lipinski definition) is 0. The molecule has 0 amide bonds. The minimum Gasteiger partial charge on any atom is -0.379 e. The summed E-state index contributed by atoms with van der Waals surface area (Å²) in [6, 6.07) is 1.46. The van der Waals surface area contributed by atoms with E-state index in [9.17, 15) is 12.9 Å². The second kappa shape index (κ2) is 2.81. The number of hydrogen-bond acceptors (Lipinski definition) is 0. The van der Waals surface area contributed by atoms with Gasteiger partial charge in [0.25, 0.3) is 0 Å². The highest BCUT2D eigenvalue weighted by Gasteiger charge is 2.40. The van der Waals surface area contributed by atoms with Crippen molar-refractivity contribution in [1.82, 2.24) is 0 Å². The quantitative estimate of drug-likeness (QED) is 0.572. The molecule has 0 aromatic carbocycles. The van der Waals surface area contributed by atoms with Crippen molar-refractivity contribution in [2.75, 3.05) is 0 Å². The lowest BCUT2D eigenvalue weighted by Crippen LogP contribution is -2.55. The minimum atomic E-state index is -4.92. The van der Waals surface area contributed by atoms with Gasteiger partial charge in [-0.3, -0.25) is 0 Å². The standard InChI is InChI=1S/C7H9BF3N/c1-6-3-4-12(5-7(6)2)8(9,10)11/h3-5H,1-2H3. The van der Waals surface area contributed by atoms with E-state index in [0.29, 0.717) is 10.0 Å². The molecule has 0 radical (unpaired) electrons. The van der Waals surface area contributed by atoms with Crippen LogP contribution < -0.4 is 4.48 Å². The molecule has 0 saturated carbocycles. The Kier molecular flexibility index (Phi) is 2.13. The molecule has 0 N–H and O–H groups in total. The van der Waals surface area contributed by atoms with Gasteiger partial charge in [-0.2, -0.15) is 0 Å². The smallest absolute Gasteiger partial charge is 0.379 e. The van der Waals surface area contributed by atoms with Crippen molar-refractivity contribution in [2.24, 2.45) is 0 Å². The molecule has 0 unspecified atom stereocenters. The number of nitrogens with zero attached hydrogens (tertiary/aromatic N) is 1. The third kappa shape index (κ3) is 1.78. The zero-order chi connectivity index (χ0) is 9.35. The molecule has 5 heteroatoms. The lowest BCUT2D eigenvalue weighted by Gasteiger charge is -2.09. The highest BCUT2D eigenvalue weighted by Crippen LogP contribution is 2.06. The Balaban J connectivity index is 3.14. The second-order valence-corrected chi connectivity index (χ2v) is 2.80. The minimum absolute atomic E-state index is 0.308. The van der Waals surface area contributed by atoms with Gasteiger partial charge in [0, 0.05) is 11.6 Å². The Bertz CT molecular complexity index is 295. The summed E-state index contributed by atoms with van der Waals surface area (Å²) in [6.45, 7) is 3.44. The van der Waals surface area contributed by atoms with Crippen LogP contribution >= 0.6 is 0 Å². The van der Waals surface area contributed by atoms with Crippen LogP contribution in [0.15, 0.2) is 18.5 Å². The summed E-state index contributed by atoms with van der Waals surface area (Å²) in [6.07, 6.45) is 2.15. The van der Waals surface area contributed by atoms with Gasteiger partial charge in [-0.25, -0.2) is 0 Å². The topological polar surface area (TPSA) is 3.88 Å². The van der Waals surface area contributed by atoms with Gasteiger partial charge in [-0.1, -0.05) is 0 Å². The summed E-state index contributed by atoms with van der Waals surface area (Å²) in [5.74, 6) is 0. The van der Waals surface area contributed by atoms with E-state index in [0.717, 1.165) is 18.0 Å². The number of halogens is 3. The van der Waals surface area contributed by atoms with Gasteiger partial charge in [-0.15, -0.1) is 0 Å². The van der Waals surface area contributed by atoms with Crippen molar-refractivity contribution in [3.05, 3.63) is 29.6 Å². The third-order valence-corrected chi connectivity index (χ3v) is 1.80. The Morgan fingerprint density at radius 2 is 1.75 bits per heavy atom. The van der Waals surface area contributed by atoms with Crippen LogP contribution in [0.25, 0.3) is 0 Å². The van der Waals surface area contributed by atoms with E-state index < -0.39 is 7.11 Å². The summed E-state index contributed by atoms with van der Waals surface area (Å²) < 4.78 is 36.7. The maximum atomic E-state index is 12.1. The lowest BCUT2D eigenvalue weighted by molar-refractivity contribution is -0.576. The number of aryl methyl sites for hydroxylation is 2. The Labute approximate surface area is 68.9 Å². The van der Waals surface area contributed by atoms with E-state index in [1.807, 2.05) is 0 Å². The molecule has 12 heavy (non-hydrogen) atoms. The Morgan fingerprint density at radius 1 is 1.17 bits per heavy atom. The molecule has 1 nitrogen and oxygen atoms in total. The summed E-state index contributed by atoms with van der Waals surface area (Å²) in [7, 11) is -4.92. The van der Waals surface area contributed by atoms with Gasteiger partial charge in [-0.05, 0) is 19.4 Å². The monoisotopic (exact) mass is 175 g/mol. The molecule has 0 fully saturated rings. The van der Waals surface area contributed by atoms with Crippen LogP contribution in [-0.2, 0) is 0 Å². The first kappa shape index (κ1) is 9.10. The van der Waals surface area contributed by atoms with E-state index in [-0.39, 0.29) is 0 Å². The number of aromatic nitrogens is 1. The predicted octanol–water partition coefficient (Wildman–Crippen LogP) is 1.78. The van der Waals surface area contributed by atoms with Crippen LogP contribution in [0.5, 0.6) is 0 Å². The average molecular weight is 175 g/mol. The molecule has 1 heterocycles. The molecule has 0 aliphatic rings. The van der Waals surface area contributed by atoms with Gasteiger partial charge < -0.3 is 17.4 Å². The van der Waals surface area contributed by atoms with Crippen molar-refractivity contribution in [3.8, 4) is 0 Å². The van der Waals surface area contributed by atoms with Crippen molar-refractivity contribution in [1.29, 1.82) is 0 Å². The second-order valence-electron chi connectivity index (χ2n) is 2.80. The average Bonchev–Trinajstić information content (AvgIpc) is 1.92. The third-order valence-electron chi connectivity index (χ3n) is 1.80. The summed E-state index contributed by atoms with van der Waals surface area (Å²) >= 11 is 0. The van der Waals surface area contributed by atoms with Crippen molar-refractivity contribution >= 4 is 7.11 Å². The van der Waals surface area contributed by atoms with Crippen molar-refractivity contribution < 1.29 is 17.4 Å². The van der Waals surface area contributed by atoms with Gasteiger partial charge in [0.2, 0.25) is 0 Å². The fourth-order valence-corrected chi connectivity index (χ4v) is 0.880. The zero-order valence-electron chi connectivity index (χ0n) is 6.89. The van der Waals surface area contributed by atoms with Gasteiger partial charge in [0.15, 0.2) is 0 Å². The van der Waals surface area contributed by atoms with Crippen LogP contribution in [0.4, 0.5) is 12.9 Å². The van der Waals surface area contributed by atoms with Crippen LogP contribution in [-0.4, -0.2) is 7.11 Å². The van der Waals surface area contributed by atoms with E-state index in [1.165, 1.54) is 6.07 Å². The highest BCUT2D eigenvalue weighted by atomic mass is 19.4. The first-order valence-corrected chi connectivity index (χ1v) is 3.59. The summed E-state index contributed by atoms with van der Waals surface area (Å²) in [4.78, 5) is 0. The summed E-state index contributed by atoms with van der Waals surface area (Å²) in [5, 5.41) is 0. The molecule has 0 aliphatic carbocycles. The molecular formula is C7H9BF3N. The van der Waals surface area contributed by atoms with Gasteiger partial charge in [0.05, 0.1) is 0 Å². The van der Waals surface area contributed by atoms with Gasteiger partial charge >= 0.3 is 7.11 Å². The lowest BCUT2D eigenvalue weighted by atomic mass is 10.1. The SMILES string of the molecule is Cc1cc[n+]([B-](F)(F)F)cc1C. The number of pyridine rings is 1. The molecule has 0 atom stereocenters. The predicted molar refractivity (Wildman–Crippen MR) is 40.6 cm³/mol. The highest BCUT2D eigenvalue weighted by molar-refractivity contribution is 6.48. The summed E-state index contributed by atoms with van der Waals surface area (Å²) in [5.41, 5.74) is 1.52. The Morgan fingerprint density at radius 3 is 2.17 bits per heavy atom. The molecule has 0 saturated heterocycles. The maximum Gasteiger partial charge on any atom is 0.810 e. The molecule has 0 aliphatic heterocycles. The van der Waals surface area contributed by atoms with E-state index in [4.69, 9.17) is 0 Å². The maximum absolute atomic E-state index is 12.1. The molecule has 1 aromatic rings. The largest absolute Gasteiger partial charge is 0.810 e. The van der Waals surface area contributed by atoms with Crippen LogP contribution in [0.1, 0.15) is 11.1 Å². The van der Waals surface area contributed by atoms with Crippen LogP contribution in [0, 0.1) is 13.8 Å². The molecular weight excluding hydrogens is 166 g/mol. The molecule has 0 bridgehead atoms. The first-order valence-electron chi connectivity index (χ1n) is 3.59. The number of rotatable bonds is 1. The van der Waals surface area contributed by atoms with Crippen molar-refractivity contribution in [2.45, 2.75) is 13.8 Å². The molecule has 0 spiro atoms.